The lowest BCUT2D eigenvalue weighted by atomic mass is 9.82. The van der Waals surface area contributed by atoms with Crippen molar-refractivity contribution in [2.45, 2.75) is 38.5 Å². The first-order valence-electron chi connectivity index (χ1n) is 26.8. The van der Waals surface area contributed by atoms with E-state index >= 15 is 0 Å². The van der Waals surface area contributed by atoms with Crippen LogP contribution in [0, 0.1) is 0 Å². The van der Waals surface area contributed by atoms with E-state index in [1.54, 1.807) is 0 Å². The van der Waals surface area contributed by atoms with Crippen molar-refractivity contribution in [3.8, 4) is 124 Å². The Morgan fingerprint density at radius 1 is 0.205 bits per heavy atom. The van der Waals surface area contributed by atoms with Gasteiger partial charge in [0.25, 0.3) is 0 Å². The Kier molecular flexibility index (Phi) is 11.1. The molecule has 0 amide bonds. The second-order valence-corrected chi connectivity index (χ2v) is 21.7. The van der Waals surface area contributed by atoms with Gasteiger partial charge in [0.2, 0.25) is 0 Å². The van der Waals surface area contributed by atoms with Crippen LogP contribution >= 0.6 is 0 Å². The number of nitrogens with zero attached hydrogens (tertiary/aromatic N) is 5. The van der Waals surface area contributed by atoms with Crippen LogP contribution in [0.2, 0.25) is 0 Å². The number of benzene rings is 10. The molecule has 0 radical (unpaired) electrons. The summed E-state index contributed by atoms with van der Waals surface area (Å²) in [5, 5.41) is 0. The normalized spacial score (nSPS) is 13.3. The fourth-order valence-electron chi connectivity index (χ4n) is 11.9. The molecule has 14 rings (SSSR count). The molecule has 2 aliphatic rings. The Labute approximate surface area is 455 Å². The van der Waals surface area contributed by atoms with E-state index in [2.05, 4.69) is 264 Å². The predicted molar refractivity (Wildman–Crippen MR) is 319 cm³/mol. The van der Waals surface area contributed by atoms with E-state index in [0.717, 1.165) is 67.0 Å². The molecule has 0 atom stereocenters. The van der Waals surface area contributed by atoms with Gasteiger partial charge >= 0.3 is 0 Å². The second kappa shape index (κ2) is 18.5. The van der Waals surface area contributed by atoms with Crippen LogP contribution in [0.4, 0.5) is 0 Å². The minimum absolute atomic E-state index is 0.179. The summed E-state index contributed by atoms with van der Waals surface area (Å²) in [4.78, 5) is 26.5. The van der Waals surface area contributed by atoms with E-state index in [-0.39, 0.29) is 10.8 Å². The summed E-state index contributed by atoms with van der Waals surface area (Å²) in [6, 6.07) is 88.4. The Hall–Kier alpha value is -9.71. The summed E-state index contributed by atoms with van der Waals surface area (Å²) in [6.07, 6.45) is 0. The zero-order valence-electron chi connectivity index (χ0n) is 43.9. The number of hydrogen-bond acceptors (Lipinski definition) is 5. The average molecular weight is 1000 g/mol. The molecule has 0 saturated carbocycles. The standard InChI is InChI=1S/C73H53N5/c1-72(2)62-27-13-11-25-58(62)60-39-37-56(43-64(60)72)70-76-69(77-71(78-70)57-38-40-61-59-26-12-14-28-63(59)73(3,4)65(61)44-57)55-24-16-22-53(42-55)52-21-15-23-54(41-52)67-45-66(50-33-29-48(30-34-50)46-17-7-5-8-18-46)74-68(75-67)51-35-31-49(32-36-51)47-19-9-6-10-20-47/h5-45H,1-4H3. The maximum atomic E-state index is 5.34. The van der Waals surface area contributed by atoms with E-state index in [1.807, 2.05) is 12.1 Å². The summed E-state index contributed by atoms with van der Waals surface area (Å²) >= 11 is 0. The number of hydrogen-bond donors (Lipinski definition) is 0. The molecule has 0 unspecified atom stereocenters. The highest BCUT2D eigenvalue weighted by molar-refractivity contribution is 5.86. The molecule has 2 heterocycles. The Bertz CT molecular complexity index is 4070. The molecule has 2 aromatic heterocycles. The fourth-order valence-corrected chi connectivity index (χ4v) is 11.9. The molecule has 2 aliphatic carbocycles. The number of rotatable bonds is 9. The third kappa shape index (κ3) is 8.14. The molecule has 78 heavy (non-hydrogen) atoms. The van der Waals surface area contributed by atoms with Gasteiger partial charge < -0.3 is 0 Å². The number of aromatic nitrogens is 5. The van der Waals surface area contributed by atoms with E-state index < -0.39 is 0 Å². The molecule has 0 spiro atoms. The van der Waals surface area contributed by atoms with Crippen LogP contribution in [0.3, 0.4) is 0 Å². The molecular formula is C73H53N5. The van der Waals surface area contributed by atoms with Gasteiger partial charge in [-0.3, -0.25) is 0 Å². The van der Waals surface area contributed by atoms with Crippen molar-refractivity contribution in [1.29, 1.82) is 0 Å². The van der Waals surface area contributed by atoms with Gasteiger partial charge in [-0.25, -0.2) is 24.9 Å². The van der Waals surface area contributed by atoms with Crippen molar-refractivity contribution < 1.29 is 0 Å². The highest BCUT2D eigenvalue weighted by atomic mass is 15.0. The topological polar surface area (TPSA) is 64.5 Å². The molecule has 5 heteroatoms. The van der Waals surface area contributed by atoms with Gasteiger partial charge in [-0.1, -0.05) is 246 Å². The Morgan fingerprint density at radius 2 is 0.526 bits per heavy atom. The SMILES string of the molecule is CC1(C)c2ccccc2-c2ccc(-c3nc(-c4cccc(-c5cccc(-c6cc(-c7ccc(-c8ccccc8)cc7)nc(-c7ccc(-c8ccccc8)cc7)n6)c5)c4)nc(-c4ccc5c(c4)C(C)(C)c4ccccc4-5)n3)cc21. The van der Waals surface area contributed by atoms with Gasteiger partial charge in [0.15, 0.2) is 23.3 Å². The zero-order valence-corrected chi connectivity index (χ0v) is 43.9. The lowest BCUT2D eigenvalue weighted by Crippen LogP contribution is -2.15. The van der Waals surface area contributed by atoms with E-state index in [0.29, 0.717) is 23.3 Å². The summed E-state index contributed by atoms with van der Waals surface area (Å²) in [6.45, 7) is 9.26. The second-order valence-electron chi connectivity index (χ2n) is 21.7. The van der Waals surface area contributed by atoms with Crippen molar-refractivity contribution in [1.82, 2.24) is 24.9 Å². The molecule has 0 N–H and O–H groups in total. The van der Waals surface area contributed by atoms with E-state index in [4.69, 9.17) is 24.9 Å². The monoisotopic (exact) mass is 999 g/mol. The van der Waals surface area contributed by atoms with Gasteiger partial charge in [-0.15, -0.1) is 0 Å². The lowest BCUT2D eigenvalue weighted by Gasteiger charge is -2.22. The maximum Gasteiger partial charge on any atom is 0.164 e. The van der Waals surface area contributed by atoms with Gasteiger partial charge in [0.05, 0.1) is 11.4 Å². The van der Waals surface area contributed by atoms with Crippen molar-refractivity contribution in [3.63, 3.8) is 0 Å². The first-order chi connectivity index (χ1) is 38.1. The molecule has 370 valence electrons. The molecule has 0 bridgehead atoms. The molecule has 12 aromatic rings. The third-order valence-electron chi connectivity index (χ3n) is 16.2. The van der Waals surface area contributed by atoms with Crippen molar-refractivity contribution >= 4 is 0 Å². The van der Waals surface area contributed by atoms with E-state index in [9.17, 15) is 0 Å². The highest BCUT2D eigenvalue weighted by Crippen LogP contribution is 2.51. The smallest absolute Gasteiger partial charge is 0.164 e. The molecule has 0 fully saturated rings. The van der Waals surface area contributed by atoms with Gasteiger partial charge in [0, 0.05) is 44.2 Å². The van der Waals surface area contributed by atoms with Crippen LogP contribution in [0.1, 0.15) is 49.9 Å². The summed E-state index contributed by atoms with van der Waals surface area (Å²) in [5.74, 6) is 2.55. The van der Waals surface area contributed by atoms with Gasteiger partial charge in [0.1, 0.15) is 0 Å². The van der Waals surface area contributed by atoms with Crippen LogP contribution < -0.4 is 0 Å². The Balaban J connectivity index is 0.860. The van der Waals surface area contributed by atoms with E-state index in [1.165, 1.54) is 55.6 Å². The zero-order chi connectivity index (χ0) is 52.5. The maximum absolute atomic E-state index is 5.34. The first kappa shape index (κ1) is 46.8. The van der Waals surface area contributed by atoms with Crippen LogP contribution in [-0.4, -0.2) is 24.9 Å². The summed E-state index contributed by atoms with van der Waals surface area (Å²) < 4.78 is 0. The summed E-state index contributed by atoms with van der Waals surface area (Å²) in [5.41, 5.74) is 24.1. The molecule has 0 aliphatic heterocycles. The summed E-state index contributed by atoms with van der Waals surface area (Å²) in [7, 11) is 0. The molecular weight excluding hydrogens is 947 g/mol. The largest absolute Gasteiger partial charge is 0.228 e. The van der Waals surface area contributed by atoms with Crippen LogP contribution in [0.25, 0.3) is 124 Å². The average Bonchev–Trinajstić information content (AvgIpc) is 4.13. The van der Waals surface area contributed by atoms with Crippen molar-refractivity contribution in [3.05, 3.63) is 271 Å². The minimum atomic E-state index is -0.179. The fraction of sp³-hybridized carbons (Fsp3) is 0.0822. The molecule has 10 aromatic carbocycles. The van der Waals surface area contributed by atoms with Gasteiger partial charge in [-0.05, 0) is 108 Å². The number of fused-ring (bicyclic) bond motifs is 6. The minimum Gasteiger partial charge on any atom is -0.228 e. The van der Waals surface area contributed by atoms with Crippen LogP contribution in [0.5, 0.6) is 0 Å². The molecule has 5 nitrogen and oxygen atoms in total. The van der Waals surface area contributed by atoms with Gasteiger partial charge in [-0.2, -0.15) is 0 Å². The van der Waals surface area contributed by atoms with Crippen LogP contribution in [-0.2, 0) is 10.8 Å². The quantitative estimate of drug-likeness (QED) is 0.144. The van der Waals surface area contributed by atoms with Crippen LogP contribution in [0.15, 0.2) is 249 Å². The first-order valence-corrected chi connectivity index (χ1v) is 26.8. The lowest BCUT2D eigenvalue weighted by molar-refractivity contribution is 0.660. The van der Waals surface area contributed by atoms with Crippen molar-refractivity contribution in [2.75, 3.05) is 0 Å². The molecule has 0 saturated heterocycles. The van der Waals surface area contributed by atoms with Crippen molar-refractivity contribution in [2.24, 2.45) is 0 Å². The third-order valence-corrected chi connectivity index (χ3v) is 16.2. The highest BCUT2D eigenvalue weighted by Gasteiger charge is 2.37. The predicted octanol–water partition coefficient (Wildman–Crippen LogP) is 18.3. The Morgan fingerprint density at radius 3 is 1.03 bits per heavy atom.